The van der Waals surface area contributed by atoms with Gasteiger partial charge in [0.05, 0.1) is 12.2 Å². The summed E-state index contributed by atoms with van der Waals surface area (Å²) in [5, 5.41) is 3.20. The molecule has 2 aromatic rings. The predicted molar refractivity (Wildman–Crippen MR) is 104 cm³/mol. The minimum absolute atomic E-state index is 0.250. The fourth-order valence-corrected chi connectivity index (χ4v) is 4.96. The maximum absolute atomic E-state index is 14.6. The number of halogens is 1. The van der Waals surface area contributed by atoms with Crippen molar-refractivity contribution in [2.45, 2.75) is 52.6 Å². The number of nitrogens with one attached hydrogen (secondary N) is 1. The molecule has 0 aromatic heterocycles. The van der Waals surface area contributed by atoms with Crippen LogP contribution in [0.5, 0.6) is 0 Å². The molecule has 1 N–H and O–H groups in total. The Morgan fingerprint density at radius 1 is 0.923 bits per heavy atom. The van der Waals surface area contributed by atoms with Crippen molar-refractivity contribution in [3.8, 4) is 0 Å². The van der Waals surface area contributed by atoms with E-state index in [0.717, 1.165) is 11.3 Å². The van der Waals surface area contributed by atoms with Gasteiger partial charge >= 0.3 is 7.60 Å². The summed E-state index contributed by atoms with van der Waals surface area (Å²) in [5.41, 5.74) is 1.95. The second-order valence-corrected chi connectivity index (χ2v) is 8.75. The molecule has 26 heavy (non-hydrogen) atoms. The number of rotatable bonds is 8. The van der Waals surface area contributed by atoms with Crippen molar-refractivity contribution in [1.29, 1.82) is 0 Å². The predicted octanol–water partition coefficient (Wildman–Crippen LogP) is 6.29. The quantitative estimate of drug-likeness (QED) is 0.548. The van der Waals surface area contributed by atoms with E-state index < -0.39 is 19.2 Å². The molecule has 0 aliphatic rings. The van der Waals surface area contributed by atoms with Gasteiger partial charge in [-0.2, -0.15) is 0 Å². The highest BCUT2D eigenvalue weighted by Crippen LogP contribution is 2.62. The molecule has 1 atom stereocenters. The average Bonchev–Trinajstić information content (AvgIpc) is 2.53. The fraction of sp³-hybridized carbons (Fsp3) is 0.400. The summed E-state index contributed by atoms with van der Waals surface area (Å²) >= 11 is 0. The molecule has 4 nitrogen and oxygen atoms in total. The normalized spacial score (nSPS) is 13.2. The van der Waals surface area contributed by atoms with Crippen LogP contribution in [0.25, 0.3) is 0 Å². The molecule has 6 heteroatoms. The molecule has 0 bridgehead atoms. The Balaban J connectivity index is 2.56. The third-order valence-electron chi connectivity index (χ3n) is 3.67. The van der Waals surface area contributed by atoms with Crippen LogP contribution >= 0.6 is 7.60 Å². The number of benzene rings is 2. The van der Waals surface area contributed by atoms with E-state index in [-0.39, 0.29) is 17.8 Å². The summed E-state index contributed by atoms with van der Waals surface area (Å²) in [6.45, 7) is 9.05. The first-order valence-corrected chi connectivity index (χ1v) is 10.4. The molecule has 2 rings (SSSR count). The van der Waals surface area contributed by atoms with Gasteiger partial charge < -0.3 is 14.4 Å². The van der Waals surface area contributed by atoms with E-state index in [1.54, 1.807) is 45.9 Å². The lowest BCUT2D eigenvalue weighted by molar-refractivity contribution is 0.137. The molecular formula is C20H27FNO3P. The van der Waals surface area contributed by atoms with Gasteiger partial charge in [-0.3, -0.25) is 4.57 Å². The number of hydrogen-bond acceptors (Lipinski definition) is 4. The largest absolute Gasteiger partial charge is 0.368 e. The molecule has 0 fully saturated rings. The van der Waals surface area contributed by atoms with Crippen molar-refractivity contribution < 1.29 is 18.0 Å². The Kier molecular flexibility index (Phi) is 6.99. The second-order valence-electron chi connectivity index (χ2n) is 6.73. The maximum Gasteiger partial charge on any atom is 0.357 e. The molecule has 2 aromatic carbocycles. The SMILES string of the molecule is Cc1ccccc1N[C@H](c1ccccc1F)P(=O)(OC(C)C)OC(C)C. The third-order valence-corrected chi connectivity index (χ3v) is 6.14. The molecule has 142 valence electrons. The number of para-hydroxylation sites is 1. The Morgan fingerprint density at radius 3 is 2.00 bits per heavy atom. The van der Waals surface area contributed by atoms with E-state index in [2.05, 4.69) is 5.32 Å². The first-order valence-electron chi connectivity index (χ1n) is 8.76. The van der Waals surface area contributed by atoms with Crippen LogP contribution in [-0.4, -0.2) is 12.2 Å². The van der Waals surface area contributed by atoms with E-state index in [9.17, 15) is 8.96 Å². The van der Waals surface area contributed by atoms with Gasteiger partial charge in [0.2, 0.25) is 0 Å². The molecule has 0 saturated carbocycles. The number of anilines is 1. The van der Waals surface area contributed by atoms with Crippen molar-refractivity contribution in [2.75, 3.05) is 5.32 Å². The monoisotopic (exact) mass is 379 g/mol. The molecule has 0 amide bonds. The third kappa shape index (κ3) is 5.16. The average molecular weight is 379 g/mol. The molecule has 0 unspecified atom stereocenters. The standard InChI is InChI=1S/C20H27FNO3P/c1-14(2)24-26(23,25-15(3)4)20(17-11-7-8-12-18(17)21)22-19-13-9-6-10-16(19)5/h6-15,20,22H,1-5H3/t20-/m0/s1. The van der Waals surface area contributed by atoms with Gasteiger partial charge in [-0.05, 0) is 52.3 Å². The van der Waals surface area contributed by atoms with Crippen LogP contribution in [0.4, 0.5) is 10.1 Å². The van der Waals surface area contributed by atoms with Crippen molar-refractivity contribution in [1.82, 2.24) is 0 Å². The van der Waals surface area contributed by atoms with Crippen molar-refractivity contribution in [2.24, 2.45) is 0 Å². The zero-order chi connectivity index (χ0) is 19.3. The maximum atomic E-state index is 14.6. The summed E-state index contributed by atoms with van der Waals surface area (Å²) in [7, 11) is -3.73. The van der Waals surface area contributed by atoms with Gasteiger partial charge in [-0.1, -0.05) is 36.4 Å². The molecule has 0 heterocycles. The van der Waals surface area contributed by atoms with Gasteiger partial charge in [-0.25, -0.2) is 4.39 Å². The summed E-state index contributed by atoms with van der Waals surface area (Å²) in [4.78, 5) is 0. The van der Waals surface area contributed by atoms with Crippen LogP contribution in [0.15, 0.2) is 48.5 Å². The van der Waals surface area contributed by atoms with E-state index in [4.69, 9.17) is 9.05 Å². The van der Waals surface area contributed by atoms with Gasteiger partial charge in [0.25, 0.3) is 0 Å². The van der Waals surface area contributed by atoms with Gasteiger partial charge in [0.15, 0.2) is 5.78 Å². The molecule has 0 aliphatic carbocycles. The first kappa shape index (κ1) is 20.6. The van der Waals surface area contributed by atoms with Crippen molar-refractivity contribution >= 4 is 13.3 Å². The molecule has 0 spiro atoms. The second kappa shape index (κ2) is 8.81. The highest BCUT2D eigenvalue weighted by atomic mass is 31.2. The topological polar surface area (TPSA) is 47.6 Å². The van der Waals surface area contributed by atoms with E-state index in [0.29, 0.717) is 0 Å². The summed E-state index contributed by atoms with van der Waals surface area (Å²) in [5.74, 6) is -1.42. The van der Waals surface area contributed by atoms with Crippen molar-refractivity contribution in [3.05, 3.63) is 65.5 Å². The van der Waals surface area contributed by atoms with Gasteiger partial charge in [-0.15, -0.1) is 0 Å². The van der Waals surface area contributed by atoms with E-state index >= 15 is 0 Å². The minimum Gasteiger partial charge on any atom is -0.368 e. The summed E-state index contributed by atoms with van der Waals surface area (Å²) in [6.07, 6.45) is -0.681. The molecule has 0 radical (unpaired) electrons. The van der Waals surface area contributed by atoms with E-state index in [1.165, 1.54) is 6.07 Å². The van der Waals surface area contributed by atoms with Crippen molar-refractivity contribution in [3.63, 3.8) is 0 Å². The Hall–Kier alpha value is -1.68. The minimum atomic E-state index is -3.73. The van der Waals surface area contributed by atoms with Crippen LogP contribution in [0.3, 0.4) is 0 Å². The lowest BCUT2D eigenvalue weighted by Crippen LogP contribution is -2.20. The highest BCUT2D eigenvalue weighted by Gasteiger charge is 2.41. The lowest BCUT2D eigenvalue weighted by atomic mass is 10.1. The molecule has 0 saturated heterocycles. The first-order chi connectivity index (χ1) is 12.2. The van der Waals surface area contributed by atoms with Gasteiger partial charge in [0, 0.05) is 11.3 Å². The zero-order valence-electron chi connectivity index (χ0n) is 15.9. The molecule has 0 aliphatic heterocycles. The zero-order valence-corrected chi connectivity index (χ0v) is 16.8. The molecular weight excluding hydrogens is 352 g/mol. The summed E-state index contributed by atoms with van der Waals surface area (Å²) < 4.78 is 39.8. The number of aryl methyl sites for hydroxylation is 1. The van der Waals surface area contributed by atoms with Crippen LogP contribution < -0.4 is 5.32 Å². The Labute approximate surface area is 155 Å². The smallest absolute Gasteiger partial charge is 0.357 e. The summed E-state index contributed by atoms with van der Waals surface area (Å²) in [6, 6.07) is 13.8. The van der Waals surface area contributed by atoms with Crippen LogP contribution in [0, 0.1) is 12.7 Å². The highest BCUT2D eigenvalue weighted by molar-refractivity contribution is 7.54. The Bertz CT molecular complexity index is 765. The van der Waals surface area contributed by atoms with Gasteiger partial charge in [0.1, 0.15) is 5.82 Å². The fourth-order valence-electron chi connectivity index (χ4n) is 2.64. The lowest BCUT2D eigenvalue weighted by Gasteiger charge is -2.31. The van der Waals surface area contributed by atoms with E-state index in [1.807, 2.05) is 31.2 Å². The van der Waals surface area contributed by atoms with Crippen LogP contribution in [0.1, 0.15) is 44.6 Å². The van der Waals surface area contributed by atoms with Crippen LogP contribution in [-0.2, 0) is 13.6 Å². The Morgan fingerprint density at radius 2 is 1.46 bits per heavy atom. The number of hydrogen-bond donors (Lipinski definition) is 1. The van der Waals surface area contributed by atoms with Crippen LogP contribution in [0.2, 0.25) is 0 Å².